The third kappa shape index (κ3) is 5.30. The fourth-order valence-electron chi connectivity index (χ4n) is 2.14. The van der Waals surface area contributed by atoms with Crippen molar-refractivity contribution in [2.45, 2.75) is 32.5 Å². The van der Waals surface area contributed by atoms with Gasteiger partial charge in [0, 0.05) is 25.3 Å². The first kappa shape index (κ1) is 17.4. The Labute approximate surface area is 133 Å². The van der Waals surface area contributed by atoms with Gasteiger partial charge in [-0.1, -0.05) is 6.92 Å². The summed E-state index contributed by atoms with van der Waals surface area (Å²) in [5.41, 5.74) is -0.763. The molecular weight excluding hydrogens is 307 g/mol. The van der Waals surface area contributed by atoms with E-state index in [4.69, 9.17) is 0 Å². The maximum Gasteiger partial charge on any atom is 0.419 e. The number of nitrogens with one attached hydrogen (secondary N) is 3. The summed E-state index contributed by atoms with van der Waals surface area (Å²) in [5, 5.41) is 9.12. The topological polar surface area (TPSA) is 61.3 Å². The van der Waals surface area contributed by atoms with Crippen molar-refractivity contribution >= 4 is 11.8 Å². The van der Waals surface area contributed by atoms with Crippen molar-refractivity contribution < 1.29 is 13.2 Å². The van der Waals surface area contributed by atoms with Crippen molar-refractivity contribution in [3.05, 3.63) is 23.9 Å². The lowest BCUT2D eigenvalue weighted by molar-refractivity contribution is -0.137. The summed E-state index contributed by atoms with van der Waals surface area (Å²) in [4.78, 5) is 8.11. The molecule has 0 radical (unpaired) electrons. The summed E-state index contributed by atoms with van der Waals surface area (Å²) in [5.74, 6) is 1.17. The van der Waals surface area contributed by atoms with Crippen molar-refractivity contribution in [2.24, 2.45) is 10.9 Å². The molecular formula is C15H22F3N5. The normalized spacial score (nSPS) is 21.0. The molecule has 2 atom stereocenters. The Balaban J connectivity index is 1.87. The number of guanidine groups is 1. The van der Waals surface area contributed by atoms with Crippen LogP contribution in [0.25, 0.3) is 0 Å². The number of rotatable bonds is 6. The fourth-order valence-corrected chi connectivity index (χ4v) is 2.14. The van der Waals surface area contributed by atoms with E-state index in [1.165, 1.54) is 12.3 Å². The van der Waals surface area contributed by atoms with Crippen LogP contribution in [0.4, 0.5) is 19.0 Å². The van der Waals surface area contributed by atoms with Crippen LogP contribution in [-0.4, -0.2) is 36.6 Å². The van der Waals surface area contributed by atoms with E-state index in [1.54, 1.807) is 0 Å². The molecule has 0 spiro atoms. The lowest BCUT2D eigenvalue weighted by Crippen LogP contribution is -2.39. The van der Waals surface area contributed by atoms with Gasteiger partial charge in [-0.05, 0) is 31.4 Å². The van der Waals surface area contributed by atoms with Crippen LogP contribution in [0.1, 0.15) is 25.8 Å². The van der Waals surface area contributed by atoms with Gasteiger partial charge in [0.2, 0.25) is 0 Å². The van der Waals surface area contributed by atoms with Crippen molar-refractivity contribution in [3.63, 3.8) is 0 Å². The molecule has 1 aliphatic carbocycles. The molecule has 0 saturated heterocycles. The quantitative estimate of drug-likeness (QED) is 0.426. The highest BCUT2D eigenvalue weighted by atomic mass is 19.4. The second kappa shape index (κ2) is 7.52. The Morgan fingerprint density at radius 1 is 1.43 bits per heavy atom. The van der Waals surface area contributed by atoms with Gasteiger partial charge in [-0.3, -0.25) is 4.99 Å². The number of anilines is 1. The minimum Gasteiger partial charge on any atom is -0.368 e. The third-order valence-corrected chi connectivity index (χ3v) is 3.56. The lowest BCUT2D eigenvalue weighted by atomic mass is 10.2. The van der Waals surface area contributed by atoms with Crippen LogP contribution in [-0.2, 0) is 6.18 Å². The van der Waals surface area contributed by atoms with Gasteiger partial charge in [0.25, 0.3) is 0 Å². The molecule has 2 rings (SSSR count). The molecule has 128 valence electrons. The average molecular weight is 329 g/mol. The van der Waals surface area contributed by atoms with E-state index in [-0.39, 0.29) is 12.4 Å². The Bertz CT molecular complexity index is 544. The smallest absolute Gasteiger partial charge is 0.368 e. The van der Waals surface area contributed by atoms with Gasteiger partial charge in [-0.15, -0.1) is 0 Å². The van der Waals surface area contributed by atoms with Crippen LogP contribution in [0.15, 0.2) is 23.3 Å². The van der Waals surface area contributed by atoms with Crippen molar-refractivity contribution in [1.82, 2.24) is 15.6 Å². The monoisotopic (exact) mass is 329 g/mol. The average Bonchev–Trinajstić information content (AvgIpc) is 3.18. The van der Waals surface area contributed by atoms with Gasteiger partial charge in [0.15, 0.2) is 5.96 Å². The molecule has 1 fully saturated rings. The van der Waals surface area contributed by atoms with Gasteiger partial charge in [-0.25, -0.2) is 4.98 Å². The van der Waals surface area contributed by atoms with Gasteiger partial charge < -0.3 is 16.0 Å². The largest absolute Gasteiger partial charge is 0.419 e. The highest BCUT2D eigenvalue weighted by molar-refractivity contribution is 5.80. The van der Waals surface area contributed by atoms with Gasteiger partial charge in [0.05, 0.1) is 12.1 Å². The predicted octanol–water partition coefficient (Wildman–Crippen LogP) is 2.48. The molecule has 3 N–H and O–H groups in total. The first-order valence-electron chi connectivity index (χ1n) is 7.72. The predicted molar refractivity (Wildman–Crippen MR) is 84.4 cm³/mol. The number of hydrogen-bond donors (Lipinski definition) is 3. The summed E-state index contributed by atoms with van der Waals surface area (Å²) in [6.07, 6.45) is -1.97. The maximum absolute atomic E-state index is 12.8. The molecule has 0 aliphatic heterocycles. The molecule has 1 aliphatic rings. The molecule has 8 heteroatoms. The van der Waals surface area contributed by atoms with Crippen molar-refractivity contribution in [2.75, 3.05) is 25.0 Å². The zero-order valence-corrected chi connectivity index (χ0v) is 13.2. The number of nitrogens with zero attached hydrogens (tertiary/aromatic N) is 2. The molecule has 5 nitrogen and oxygen atoms in total. The molecule has 1 aromatic rings. The van der Waals surface area contributed by atoms with Crippen molar-refractivity contribution in [3.8, 4) is 0 Å². The lowest BCUT2D eigenvalue weighted by Gasteiger charge is -2.13. The van der Waals surface area contributed by atoms with Gasteiger partial charge >= 0.3 is 6.18 Å². The van der Waals surface area contributed by atoms with E-state index in [0.29, 0.717) is 24.5 Å². The highest BCUT2D eigenvalue weighted by Crippen LogP contribution is 2.33. The fraction of sp³-hybridized carbons (Fsp3) is 0.600. The number of halogens is 3. The van der Waals surface area contributed by atoms with E-state index in [9.17, 15) is 13.2 Å². The Kier molecular flexibility index (Phi) is 5.68. The maximum atomic E-state index is 12.8. The van der Waals surface area contributed by atoms with Crippen LogP contribution in [0.3, 0.4) is 0 Å². The minimum atomic E-state index is -4.42. The number of alkyl halides is 3. The van der Waals surface area contributed by atoms with E-state index in [2.05, 4.69) is 32.9 Å². The molecule has 0 amide bonds. The SMILES string of the molecule is CCNC(=NCCNc1ncccc1C(F)(F)F)NC1CC1C. The molecule has 1 saturated carbocycles. The van der Waals surface area contributed by atoms with Gasteiger partial charge in [0.1, 0.15) is 5.82 Å². The second-order valence-electron chi connectivity index (χ2n) is 5.55. The van der Waals surface area contributed by atoms with Crippen LogP contribution in [0.5, 0.6) is 0 Å². The van der Waals surface area contributed by atoms with Gasteiger partial charge in [-0.2, -0.15) is 13.2 Å². The molecule has 0 aromatic carbocycles. The van der Waals surface area contributed by atoms with Crippen molar-refractivity contribution in [1.29, 1.82) is 0 Å². The summed E-state index contributed by atoms with van der Waals surface area (Å²) in [7, 11) is 0. The molecule has 1 heterocycles. The highest BCUT2D eigenvalue weighted by Gasteiger charge is 2.34. The number of aromatic nitrogens is 1. The molecule has 2 unspecified atom stereocenters. The van der Waals surface area contributed by atoms with E-state index in [0.717, 1.165) is 19.0 Å². The summed E-state index contributed by atoms with van der Waals surface area (Å²) >= 11 is 0. The standard InChI is InChI=1S/C15H22F3N5/c1-3-19-14(23-12-9-10(12)2)22-8-7-21-13-11(15(16,17)18)5-4-6-20-13/h4-6,10,12H,3,7-9H2,1-2H3,(H,20,21)(H2,19,22,23). The summed E-state index contributed by atoms with van der Waals surface area (Å²) in [6.45, 7) is 5.48. The zero-order valence-electron chi connectivity index (χ0n) is 13.2. The van der Waals surface area contributed by atoms with Crippen LogP contribution < -0.4 is 16.0 Å². The second-order valence-corrected chi connectivity index (χ2v) is 5.55. The number of pyridine rings is 1. The first-order chi connectivity index (χ1) is 10.9. The molecule has 0 bridgehead atoms. The van der Waals surface area contributed by atoms with Crippen LogP contribution >= 0.6 is 0 Å². The van der Waals surface area contributed by atoms with E-state index < -0.39 is 11.7 Å². The Morgan fingerprint density at radius 3 is 2.78 bits per heavy atom. The zero-order chi connectivity index (χ0) is 16.9. The minimum absolute atomic E-state index is 0.163. The summed E-state index contributed by atoms with van der Waals surface area (Å²) in [6, 6.07) is 2.72. The summed E-state index contributed by atoms with van der Waals surface area (Å²) < 4.78 is 38.5. The first-order valence-corrected chi connectivity index (χ1v) is 7.72. The molecule has 23 heavy (non-hydrogen) atoms. The van der Waals surface area contributed by atoms with E-state index >= 15 is 0 Å². The van der Waals surface area contributed by atoms with Crippen LogP contribution in [0.2, 0.25) is 0 Å². The van der Waals surface area contributed by atoms with Crippen LogP contribution in [0, 0.1) is 5.92 Å². The number of aliphatic imine (C=N–C) groups is 1. The number of hydrogen-bond acceptors (Lipinski definition) is 3. The third-order valence-electron chi connectivity index (χ3n) is 3.56. The Hall–Kier alpha value is -1.99. The molecule has 1 aromatic heterocycles. The Morgan fingerprint density at radius 2 is 2.17 bits per heavy atom. The van der Waals surface area contributed by atoms with E-state index in [1.807, 2.05) is 6.92 Å².